The number of hydrogen-bond donors (Lipinski definition) is 1. The average molecular weight is 446 g/mol. The quantitative estimate of drug-likeness (QED) is 0.488. The Morgan fingerprint density at radius 1 is 0.800 bits per heavy atom. The average Bonchev–Trinajstić information content (AvgIpc) is 3.23. The van der Waals surface area contributed by atoms with Crippen LogP contribution >= 0.6 is 23.2 Å². The fraction of sp³-hybridized carbons (Fsp3) is 0.217. The van der Waals surface area contributed by atoms with E-state index in [4.69, 9.17) is 42.1 Å². The van der Waals surface area contributed by atoms with Crippen LogP contribution in [0.3, 0.4) is 0 Å². The van der Waals surface area contributed by atoms with Crippen molar-refractivity contribution in [3.63, 3.8) is 0 Å². The van der Waals surface area contributed by atoms with Crippen molar-refractivity contribution < 1.29 is 18.9 Å². The first kappa shape index (κ1) is 20.7. The lowest BCUT2D eigenvalue weighted by Crippen LogP contribution is -2.12. The molecule has 1 N–H and O–H groups in total. The van der Waals surface area contributed by atoms with E-state index in [0.717, 1.165) is 28.2 Å². The lowest BCUT2D eigenvalue weighted by atomic mass is 10.1. The topological polar surface area (TPSA) is 49.0 Å². The summed E-state index contributed by atoms with van der Waals surface area (Å²) in [5.41, 5.74) is 3.16. The van der Waals surface area contributed by atoms with Crippen LogP contribution in [0, 0.1) is 0 Å². The second-order valence-corrected chi connectivity index (χ2v) is 7.63. The molecule has 0 spiro atoms. The van der Waals surface area contributed by atoms with Crippen LogP contribution in [0.1, 0.15) is 16.7 Å². The maximum atomic E-state index is 6.06. The molecule has 0 radical (unpaired) electrons. The van der Waals surface area contributed by atoms with Crippen LogP contribution in [0.5, 0.6) is 23.0 Å². The normalized spacial score (nSPS) is 12.1. The van der Waals surface area contributed by atoms with Gasteiger partial charge in [-0.2, -0.15) is 0 Å². The Morgan fingerprint density at radius 2 is 1.53 bits per heavy atom. The van der Waals surface area contributed by atoms with Gasteiger partial charge in [-0.05, 0) is 53.1 Å². The van der Waals surface area contributed by atoms with Crippen LogP contribution in [0.2, 0.25) is 10.0 Å². The van der Waals surface area contributed by atoms with E-state index in [1.165, 1.54) is 0 Å². The molecule has 30 heavy (non-hydrogen) atoms. The molecule has 5 nitrogen and oxygen atoms in total. The molecule has 0 unspecified atom stereocenters. The van der Waals surface area contributed by atoms with E-state index in [9.17, 15) is 0 Å². The minimum Gasteiger partial charge on any atom is -0.493 e. The molecule has 1 aliphatic rings. The molecule has 0 aromatic heterocycles. The van der Waals surface area contributed by atoms with Crippen molar-refractivity contribution >= 4 is 23.2 Å². The predicted molar refractivity (Wildman–Crippen MR) is 117 cm³/mol. The molecular formula is C23H21Cl2NO4. The number of hydrogen-bond acceptors (Lipinski definition) is 5. The summed E-state index contributed by atoms with van der Waals surface area (Å²) in [5, 5.41) is 4.46. The minimum atomic E-state index is 0.283. The maximum absolute atomic E-state index is 6.06. The van der Waals surface area contributed by atoms with Crippen molar-refractivity contribution in [1.29, 1.82) is 0 Å². The number of fused-ring (bicyclic) bond motifs is 1. The standard InChI is InChI=1S/C23H21Cl2NO4/c1-27-22-9-15(11-26-12-16-4-7-21-23(10-16)30-14-29-21)3-6-20(22)28-13-17-2-5-18(24)19(25)8-17/h2-10,26H,11-14H2,1H3. The van der Waals surface area contributed by atoms with Gasteiger partial charge in [0, 0.05) is 13.1 Å². The Labute approximate surface area is 185 Å². The molecule has 1 aliphatic heterocycles. The fourth-order valence-corrected chi connectivity index (χ4v) is 3.45. The van der Waals surface area contributed by atoms with Gasteiger partial charge in [0.1, 0.15) is 6.61 Å². The third-order valence-corrected chi connectivity index (χ3v) is 5.44. The Kier molecular flexibility index (Phi) is 6.53. The highest BCUT2D eigenvalue weighted by molar-refractivity contribution is 6.42. The zero-order valence-electron chi connectivity index (χ0n) is 16.4. The second kappa shape index (κ2) is 9.47. The summed E-state index contributed by atoms with van der Waals surface area (Å²) in [4.78, 5) is 0. The van der Waals surface area contributed by atoms with Gasteiger partial charge in [-0.3, -0.25) is 0 Å². The van der Waals surface area contributed by atoms with Gasteiger partial charge >= 0.3 is 0 Å². The maximum Gasteiger partial charge on any atom is 0.231 e. The molecule has 3 aromatic carbocycles. The molecule has 0 saturated carbocycles. The van der Waals surface area contributed by atoms with Crippen LogP contribution in [-0.4, -0.2) is 13.9 Å². The Hall–Kier alpha value is -2.60. The molecule has 3 aromatic rings. The highest BCUT2D eigenvalue weighted by Crippen LogP contribution is 2.33. The molecule has 1 heterocycles. The summed E-state index contributed by atoms with van der Waals surface area (Å²) < 4.78 is 22.2. The zero-order chi connectivity index (χ0) is 20.9. The van der Waals surface area contributed by atoms with E-state index in [-0.39, 0.29) is 6.79 Å². The number of rotatable bonds is 8. The third-order valence-electron chi connectivity index (χ3n) is 4.70. The van der Waals surface area contributed by atoms with Gasteiger partial charge in [-0.1, -0.05) is 41.4 Å². The van der Waals surface area contributed by atoms with Crippen molar-refractivity contribution in [3.05, 3.63) is 81.3 Å². The fourth-order valence-electron chi connectivity index (χ4n) is 3.13. The number of nitrogens with one attached hydrogen (secondary N) is 1. The van der Waals surface area contributed by atoms with E-state index in [1.54, 1.807) is 19.2 Å². The van der Waals surface area contributed by atoms with Gasteiger partial charge in [0.05, 0.1) is 17.2 Å². The molecule has 156 valence electrons. The predicted octanol–water partition coefficient (Wildman–Crippen LogP) is 5.60. The second-order valence-electron chi connectivity index (χ2n) is 6.81. The lowest BCUT2D eigenvalue weighted by Gasteiger charge is -2.13. The third kappa shape index (κ3) is 4.93. The van der Waals surface area contributed by atoms with Crippen molar-refractivity contribution in [3.8, 4) is 23.0 Å². The molecule has 0 saturated heterocycles. The highest BCUT2D eigenvalue weighted by atomic mass is 35.5. The van der Waals surface area contributed by atoms with Crippen molar-refractivity contribution in [2.75, 3.05) is 13.9 Å². The van der Waals surface area contributed by atoms with Crippen LogP contribution in [0.25, 0.3) is 0 Å². The van der Waals surface area contributed by atoms with Gasteiger partial charge < -0.3 is 24.3 Å². The largest absolute Gasteiger partial charge is 0.493 e. The molecule has 7 heteroatoms. The summed E-state index contributed by atoms with van der Waals surface area (Å²) in [6, 6.07) is 17.3. The monoisotopic (exact) mass is 445 g/mol. The smallest absolute Gasteiger partial charge is 0.231 e. The molecule has 0 amide bonds. The van der Waals surface area contributed by atoms with Crippen LogP contribution in [0.4, 0.5) is 0 Å². The summed E-state index contributed by atoms with van der Waals surface area (Å²) in [6.45, 7) is 2.06. The van der Waals surface area contributed by atoms with Gasteiger partial charge in [0.15, 0.2) is 23.0 Å². The van der Waals surface area contributed by atoms with Gasteiger partial charge in [-0.15, -0.1) is 0 Å². The van der Waals surface area contributed by atoms with E-state index < -0.39 is 0 Å². The van der Waals surface area contributed by atoms with E-state index in [1.807, 2.05) is 42.5 Å². The summed E-state index contributed by atoms with van der Waals surface area (Å²) in [5.74, 6) is 2.93. The van der Waals surface area contributed by atoms with Gasteiger partial charge in [-0.25, -0.2) is 0 Å². The highest BCUT2D eigenvalue weighted by Gasteiger charge is 2.13. The molecule has 0 bridgehead atoms. The van der Waals surface area contributed by atoms with Gasteiger partial charge in [0.2, 0.25) is 6.79 Å². The van der Waals surface area contributed by atoms with Crippen LogP contribution in [-0.2, 0) is 19.7 Å². The van der Waals surface area contributed by atoms with E-state index >= 15 is 0 Å². The number of methoxy groups -OCH3 is 1. The molecule has 4 rings (SSSR count). The van der Waals surface area contributed by atoms with Crippen molar-refractivity contribution in [2.24, 2.45) is 0 Å². The molecule has 0 fully saturated rings. The Bertz CT molecular complexity index is 1040. The summed E-state index contributed by atoms with van der Waals surface area (Å²) >= 11 is 12.0. The lowest BCUT2D eigenvalue weighted by molar-refractivity contribution is 0.174. The van der Waals surface area contributed by atoms with Crippen molar-refractivity contribution in [1.82, 2.24) is 5.32 Å². The molecule has 0 aliphatic carbocycles. The number of halogens is 2. The van der Waals surface area contributed by atoms with Gasteiger partial charge in [0.25, 0.3) is 0 Å². The molecular weight excluding hydrogens is 425 g/mol. The number of benzene rings is 3. The first-order valence-corrected chi connectivity index (χ1v) is 10.2. The SMILES string of the molecule is COc1cc(CNCc2ccc3c(c2)OCO3)ccc1OCc1ccc(Cl)c(Cl)c1. The summed E-state index contributed by atoms with van der Waals surface area (Å²) in [7, 11) is 1.63. The van der Waals surface area contributed by atoms with Crippen molar-refractivity contribution in [2.45, 2.75) is 19.7 Å². The number of ether oxygens (including phenoxy) is 4. The van der Waals surface area contributed by atoms with E-state index in [0.29, 0.717) is 41.2 Å². The summed E-state index contributed by atoms with van der Waals surface area (Å²) in [6.07, 6.45) is 0. The molecule has 0 atom stereocenters. The Balaban J connectivity index is 1.34. The first-order chi connectivity index (χ1) is 14.6. The van der Waals surface area contributed by atoms with Crippen LogP contribution in [0.15, 0.2) is 54.6 Å². The first-order valence-electron chi connectivity index (χ1n) is 9.45. The zero-order valence-corrected chi connectivity index (χ0v) is 17.9. The Morgan fingerprint density at radius 3 is 2.33 bits per heavy atom. The van der Waals surface area contributed by atoms with Crippen LogP contribution < -0.4 is 24.3 Å². The van der Waals surface area contributed by atoms with E-state index in [2.05, 4.69) is 5.32 Å². The minimum absolute atomic E-state index is 0.283.